The number of rotatable bonds is 7. The number of likely N-dealkylation sites (tertiary alicyclic amines) is 1. The summed E-state index contributed by atoms with van der Waals surface area (Å²) >= 11 is 2.02. The molecule has 2 heteroatoms. The first-order valence-corrected chi connectivity index (χ1v) is 8.70. The van der Waals surface area contributed by atoms with Crippen molar-refractivity contribution < 1.29 is 0 Å². The van der Waals surface area contributed by atoms with Gasteiger partial charge in [0, 0.05) is 10.9 Å². The van der Waals surface area contributed by atoms with Crippen molar-refractivity contribution in [1.82, 2.24) is 4.90 Å². The van der Waals surface area contributed by atoms with Gasteiger partial charge in [-0.05, 0) is 69.1 Å². The maximum atomic E-state index is 2.52. The van der Waals surface area contributed by atoms with Crippen LogP contribution in [0.25, 0.3) is 0 Å². The monoisotopic (exact) mass is 277 g/mol. The number of aryl methyl sites for hydroxylation is 1. The zero-order valence-corrected chi connectivity index (χ0v) is 13.2. The molecule has 0 radical (unpaired) electrons. The molecule has 1 saturated heterocycles. The molecule has 0 amide bonds. The summed E-state index contributed by atoms with van der Waals surface area (Å²) in [5.74, 6) is 1.25. The molecule has 1 heterocycles. The molecular weight excluding hydrogens is 250 g/mol. The van der Waals surface area contributed by atoms with Gasteiger partial charge in [-0.1, -0.05) is 25.5 Å². The van der Waals surface area contributed by atoms with Crippen LogP contribution in [-0.2, 0) is 6.42 Å². The number of hydrogen-bond acceptors (Lipinski definition) is 2. The van der Waals surface area contributed by atoms with Gasteiger partial charge in [0.1, 0.15) is 0 Å². The Hall–Kier alpha value is -0.470. The molecule has 1 aliphatic rings. The number of nitrogens with zero attached hydrogens (tertiary/aromatic N) is 1. The van der Waals surface area contributed by atoms with E-state index in [9.17, 15) is 0 Å². The highest BCUT2D eigenvalue weighted by molar-refractivity contribution is 7.99. The summed E-state index contributed by atoms with van der Waals surface area (Å²) in [6.07, 6.45) is 7.93. The molecule has 1 atom stereocenters. The average molecular weight is 277 g/mol. The highest BCUT2D eigenvalue weighted by Gasteiger charge is 2.19. The molecular formula is C17H27NS. The van der Waals surface area contributed by atoms with E-state index >= 15 is 0 Å². The molecule has 1 aliphatic heterocycles. The minimum absolute atomic E-state index is 0.830. The average Bonchev–Trinajstić information content (AvgIpc) is 2.84. The lowest BCUT2D eigenvalue weighted by atomic mass is 10.1. The fourth-order valence-corrected chi connectivity index (χ4v) is 3.74. The standard InChI is InChI=1S/C17H27NS/c1-3-4-6-15-8-10-17(11-9-15)19-14-12-16-7-5-13-18(16)2/h8-11,16H,3-7,12-14H2,1-2H3. The zero-order chi connectivity index (χ0) is 13.5. The highest BCUT2D eigenvalue weighted by atomic mass is 32.2. The van der Waals surface area contributed by atoms with Crippen molar-refractivity contribution in [3.8, 4) is 0 Å². The van der Waals surface area contributed by atoms with Crippen LogP contribution >= 0.6 is 11.8 Å². The van der Waals surface area contributed by atoms with Crippen LogP contribution in [-0.4, -0.2) is 30.3 Å². The molecule has 1 fully saturated rings. The topological polar surface area (TPSA) is 3.24 Å². The Morgan fingerprint density at radius 1 is 1.26 bits per heavy atom. The van der Waals surface area contributed by atoms with Gasteiger partial charge >= 0.3 is 0 Å². The fourth-order valence-electron chi connectivity index (χ4n) is 2.79. The molecule has 0 aromatic heterocycles. The van der Waals surface area contributed by atoms with E-state index in [1.807, 2.05) is 11.8 Å². The quantitative estimate of drug-likeness (QED) is 0.670. The maximum Gasteiger partial charge on any atom is 0.0101 e. The Morgan fingerprint density at radius 3 is 2.68 bits per heavy atom. The molecule has 1 aromatic carbocycles. The van der Waals surface area contributed by atoms with E-state index in [-0.39, 0.29) is 0 Å². The Balaban J connectivity index is 1.70. The lowest BCUT2D eigenvalue weighted by molar-refractivity contribution is 0.305. The van der Waals surface area contributed by atoms with E-state index in [1.165, 1.54) is 61.3 Å². The summed E-state index contributed by atoms with van der Waals surface area (Å²) in [5, 5.41) is 0. The Bertz CT molecular complexity index is 360. The second-order valence-corrected chi connectivity index (χ2v) is 6.83. The number of hydrogen-bond donors (Lipinski definition) is 0. The normalized spacial score (nSPS) is 20.0. The number of benzene rings is 1. The van der Waals surface area contributed by atoms with Crippen LogP contribution in [0.1, 0.15) is 44.6 Å². The van der Waals surface area contributed by atoms with E-state index in [1.54, 1.807) is 0 Å². The summed E-state index contributed by atoms with van der Waals surface area (Å²) in [4.78, 5) is 3.95. The molecule has 0 spiro atoms. The second-order valence-electron chi connectivity index (χ2n) is 5.66. The third-order valence-electron chi connectivity index (χ3n) is 4.13. The van der Waals surface area contributed by atoms with Crippen molar-refractivity contribution in [3.05, 3.63) is 29.8 Å². The van der Waals surface area contributed by atoms with Crippen LogP contribution in [0.2, 0.25) is 0 Å². The van der Waals surface area contributed by atoms with Gasteiger partial charge in [0.25, 0.3) is 0 Å². The molecule has 2 rings (SSSR count). The third kappa shape index (κ3) is 4.85. The van der Waals surface area contributed by atoms with Crippen LogP contribution in [0.4, 0.5) is 0 Å². The van der Waals surface area contributed by atoms with Crippen molar-refractivity contribution in [3.63, 3.8) is 0 Å². The molecule has 19 heavy (non-hydrogen) atoms. The van der Waals surface area contributed by atoms with Crippen LogP contribution in [0.3, 0.4) is 0 Å². The molecule has 106 valence electrons. The summed E-state index contributed by atoms with van der Waals surface area (Å²) in [7, 11) is 2.27. The van der Waals surface area contributed by atoms with Crippen LogP contribution < -0.4 is 0 Å². The lowest BCUT2D eigenvalue weighted by Crippen LogP contribution is -2.25. The van der Waals surface area contributed by atoms with Crippen molar-refractivity contribution in [2.75, 3.05) is 19.3 Å². The Morgan fingerprint density at radius 2 is 2.05 bits per heavy atom. The van der Waals surface area contributed by atoms with E-state index in [0.29, 0.717) is 0 Å². The van der Waals surface area contributed by atoms with Gasteiger partial charge in [-0.2, -0.15) is 0 Å². The van der Waals surface area contributed by atoms with Crippen molar-refractivity contribution in [2.45, 2.75) is 56.4 Å². The summed E-state index contributed by atoms with van der Waals surface area (Å²) in [5.41, 5.74) is 1.49. The molecule has 0 aliphatic carbocycles. The third-order valence-corrected chi connectivity index (χ3v) is 5.18. The SMILES string of the molecule is CCCCc1ccc(SCCC2CCCN2C)cc1. The second kappa shape index (κ2) is 7.96. The van der Waals surface area contributed by atoms with Gasteiger partial charge in [-0.25, -0.2) is 0 Å². The lowest BCUT2D eigenvalue weighted by Gasteiger charge is -2.18. The van der Waals surface area contributed by atoms with Crippen molar-refractivity contribution in [1.29, 1.82) is 0 Å². The van der Waals surface area contributed by atoms with Crippen LogP contribution in [0.15, 0.2) is 29.2 Å². The fraction of sp³-hybridized carbons (Fsp3) is 0.647. The van der Waals surface area contributed by atoms with Gasteiger partial charge in [0.15, 0.2) is 0 Å². The first-order valence-electron chi connectivity index (χ1n) is 7.71. The largest absolute Gasteiger partial charge is 0.303 e. The van der Waals surface area contributed by atoms with Gasteiger partial charge in [0.2, 0.25) is 0 Å². The first kappa shape index (κ1) is 14.9. The van der Waals surface area contributed by atoms with Crippen molar-refractivity contribution >= 4 is 11.8 Å². The van der Waals surface area contributed by atoms with Crippen LogP contribution in [0, 0.1) is 0 Å². The van der Waals surface area contributed by atoms with Crippen molar-refractivity contribution in [2.24, 2.45) is 0 Å². The summed E-state index contributed by atoms with van der Waals surface area (Å²) < 4.78 is 0. The van der Waals surface area contributed by atoms with E-state index in [2.05, 4.69) is 43.1 Å². The highest BCUT2D eigenvalue weighted by Crippen LogP contribution is 2.24. The van der Waals surface area contributed by atoms with Gasteiger partial charge in [-0.15, -0.1) is 11.8 Å². The molecule has 0 saturated carbocycles. The Labute approximate surface area is 122 Å². The minimum Gasteiger partial charge on any atom is -0.303 e. The molecule has 0 bridgehead atoms. The maximum absolute atomic E-state index is 2.52. The predicted octanol–water partition coefficient (Wildman–Crippen LogP) is 4.61. The number of thioether (sulfide) groups is 1. The minimum atomic E-state index is 0.830. The smallest absolute Gasteiger partial charge is 0.0101 e. The predicted molar refractivity (Wildman–Crippen MR) is 86.0 cm³/mol. The molecule has 1 nitrogen and oxygen atoms in total. The van der Waals surface area contributed by atoms with Gasteiger partial charge < -0.3 is 4.90 Å². The summed E-state index contributed by atoms with van der Waals surface area (Å²) in [6.45, 7) is 3.55. The molecule has 0 N–H and O–H groups in total. The van der Waals surface area contributed by atoms with Gasteiger partial charge in [0.05, 0.1) is 0 Å². The summed E-state index contributed by atoms with van der Waals surface area (Å²) in [6, 6.07) is 10.0. The zero-order valence-electron chi connectivity index (χ0n) is 12.4. The molecule has 1 aromatic rings. The van der Waals surface area contributed by atoms with Crippen LogP contribution in [0.5, 0.6) is 0 Å². The van der Waals surface area contributed by atoms with E-state index in [0.717, 1.165) is 6.04 Å². The van der Waals surface area contributed by atoms with E-state index in [4.69, 9.17) is 0 Å². The molecule has 1 unspecified atom stereocenters. The Kier molecular flexibility index (Phi) is 6.25. The first-order chi connectivity index (χ1) is 9.29. The van der Waals surface area contributed by atoms with E-state index < -0.39 is 0 Å². The van der Waals surface area contributed by atoms with Gasteiger partial charge in [-0.3, -0.25) is 0 Å². The number of unbranched alkanes of at least 4 members (excludes halogenated alkanes) is 1.